The van der Waals surface area contributed by atoms with Gasteiger partial charge < -0.3 is 0 Å². The van der Waals surface area contributed by atoms with Crippen LogP contribution in [-0.2, 0) is 13.1 Å². The van der Waals surface area contributed by atoms with Crippen LogP contribution in [0.1, 0.15) is 11.3 Å². The third-order valence-electron chi connectivity index (χ3n) is 4.26. The van der Waals surface area contributed by atoms with Crippen molar-refractivity contribution in [2.24, 2.45) is 0 Å². The maximum atomic E-state index is 4.47. The van der Waals surface area contributed by atoms with Crippen LogP contribution in [0.3, 0.4) is 0 Å². The Bertz CT molecular complexity index is 956. The minimum Gasteiger partial charge on any atom is -0.296 e. The second-order valence-corrected chi connectivity index (χ2v) is 6.37. The van der Waals surface area contributed by atoms with Gasteiger partial charge in [0.2, 0.25) is 0 Å². The molecule has 0 unspecified atom stereocenters. The van der Waals surface area contributed by atoms with Crippen LogP contribution in [0, 0.1) is 0 Å². The number of hydrogen-bond acceptors (Lipinski definition) is 3. The lowest BCUT2D eigenvalue weighted by molar-refractivity contribution is 0.312. The highest BCUT2D eigenvalue weighted by Crippen LogP contribution is 2.14. The molecule has 2 heterocycles. The normalized spacial score (nSPS) is 11.2. The van der Waals surface area contributed by atoms with Gasteiger partial charge in [0, 0.05) is 31.0 Å². The molecule has 0 bridgehead atoms. The van der Waals surface area contributed by atoms with E-state index in [1.54, 1.807) is 0 Å². The quantitative estimate of drug-likeness (QED) is 0.536. The van der Waals surface area contributed by atoms with Crippen LogP contribution in [-0.4, -0.2) is 31.5 Å². The lowest BCUT2D eigenvalue weighted by atomic mass is 10.3. The molecule has 26 heavy (non-hydrogen) atoms. The maximum Gasteiger partial charge on any atom is 0.0649 e. The van der Waals surface area contributed by atoms with Crippen molar-refractivity contribution in [3.63, 3.8) is 0 Å². The Morgan fingerprint density at radius 3 is 2.23 bits per heavy atom. The van der Waals surface area contributed by atoms with Gasteiger partial charge in [0.1, 0.15) is 0 Å². The van der Waals surface area contributed by atoms with Gasteiger partial charge >= 0.3 is 0 Å². The fourth-order valence-corrected chi connectivity index (χ4v) is 3.06. The summed E-state index contributed by atoms with van der Waals surface area (Å²) < 4.78 is 3.90. The van der Waals surface area contributed by atoms with Crippen LogP contribution in [0.4, 0.5) is 0 Å². The lowest BCUT2D eigenvalue weighted by Crippen LogP contribution is -2.19. The van der Waals surface area contributed by atoms with Crippen LogP contribution < -0.4 is 0 Å². The van der Waals surface area contributed by atoms with E-state index in [0.29, 0.717) is 0 Å². The molecule has 0 saturated carbocycles. The van der Waals surface area contributed by atoms with E-state index in [1.807, 2.05) is 58.2 Å². The Hall–Kier alpha value is -3.18. The molecule has 2 aromatic carbocycles. The molecule has 0 amide bonds. The van der Waals surface area contributed by atoms with E-state index in [4.69, 9.17) is 0 Å². The van der Waals surface area contributed by atoms with E-state index in [1.165, 1.54) is 5.56 Å². The van der Waals surface area contributed by atoms with E-state index in [9.17, 15) is 0 Å². The van der Waals surface area contributed by atoms with Crippen molar-refractivity contribution in [3.05, 3.63) is 96.6 Å². The number of rotatable bonds is 6. The van der Waals surface area contributed by atoms with Crippen LogP contribution >= 0.6 is 0 Å². The van der Waals surface area contributed by atoms with Crippen molar-refractivity contribution < 1.29 is 0 Å². The molecule has 0 N–H and O–H groups in total. The summed E-state index contributed by atoms with van der Waals surface area (Å²) in [6, 6.07) is 22.4. The number of aromatic nitrogens is 4. The van der Waals surface area contributed by atoms with Gasteiger partial charge in [0.15, 0.2) is 0 Å². The highest BCUT2D eigenvalue weighted by molar-refractivity contribution is 5.32. The smallest absolute Gasteiger partial charge is 0.0649 e. The Morgan fingerprint density at radius 2 is 1.50 bits per heavy atom. The van der Waals surface area contributed by atoms with Gasteiger partial charge in [-0.15, -0.1) is 0 Å². The average Bonchev–Trinajstić information content (AvgIpc) is 3.33. The monoisotopic (exact) mass is 343 g/mol. The lowest BCUT2D eigenvalue weighted by Gasteiger charge is -2.16. The van der Waals surface area contributed by atoms with Crippen molar-refractivity contribution in [2.75, 3.05) is 7.05 Å². The molecule has 5 nitrogen and oxygen atoms in total. The first-order valence-corrected chi connectivity index (χ1v) is 8.65. The predicted octanol–water partition coefficient (Wildman–Crippen LogP) is 3.69. The van der Waals surface area contributed by atoms with Gasteiger partial charge in [-0.3, -0.25) is 4.90 Å². The van der Waals surface area contributed by atoms with Crippen molar-refractivity contribution in [3.8, 4) is 11.4 Å². The van der Waals surface area contributed by atoms with Gasteiger partial charge in [-0.2, -0.15) is 10.2 Å². The molecule has 0 spiro atoms. The first kappa shape index (κ1) is 16.3. The third-order valence-corrected chi connectivity index (χ3v) is 4.26. The summed E-state index contributed by atoms with van der Waals surface area (Å²) in [7, 11) is 2.11. The molecule has 130 valence electrons. The number of benzene rings is 2. The molecule has 0 aliphatic heterocycles. The summed E-state index contributed by atoms with van der Waals surface area (Å²) in [6.07, 6.45) is 5.86. The zero-order valence-corrected chi connectivity index (χ0v) is 14.7. The second-order valence-electron chi connectivity index (χ2n) is 6.37. The number of nitrogens with zero attached hydrogens (tertiary/aromatic N) is 5. The Kier molecular flexibility index (Phi) is 4.62. The summed E-state index contributed by atoms with van der Waals surface area (Å²) in [5.74, 6) is 0. The van der Waals surface area contributed by atoms with E-state index in [0.717, 1.165) is 30.2 Å². The Labute approximate surface area is 153 Å². The van der Waals surface area contributed by atoms with Crippen molar-refractivity contribution in [2.45, 2.75) is 13.1 Å². The van der Waals surface area contributed by atoms with Crippen LogP contribution in [0.5, 0.6) is 0 Å². The molecule has 2 aromatic heterocycles. The molecule has 0 fully saturated rings. The number of para-hydroxylation sites is 2. The second kappa shape index (κ2) is 7.37. The molecule has 0 atom stereocenters. The Morgan fingerprint density at radius 1 is 0.808 bits per heavy atom. The van der Waals surface area contributed by atoms with E-state index in [2.05, 4.69) is 58.7 Å². The summed E-state index contributed by atoms with van der Waals surface area (Å²) >= 11 is 0. The van der Waals surface area contributed by atoms with Gasteiger partial charge in [-0.05, 0) is 37.4 Å². The van der Waals surface area contributed by atoms with Crippen LogP contribution in [0.2, 0.25) is 0 Å². The highest BCUT2D eigenvalue weighted by Gasteiger charge is 2.09. The maximum absolute atomic E-state index is 4.47. The van der Waals surface area contributed by atoms with Gasteiger partial charge in [-0.1, -0.05) is 36.4 Å². The topological polar surface area (TPSA) is 38.9 Å². The van der Waals surface area contributed by atoms with Gasteiger partial charge in [0.05, 0.1) is 23.3 Å². The largest absolute Gasteiger partial charge is 0.296 e. The van der Waals surface area contributed by atoms with Gasteiger partial charge in [-0.25, -0.2) is 9.36 Å². The Balaban J connectivity index is 1.45. The van der Waals surface area contributed by atoms with Crippen molar-refractivity contribution in [1.82, 2.24) is 24.5 Å². The molecular formula is C21H21N5. The van der Waals surface area contributed by atoms with Crippen LogP contribution in [0.25, 0.3) is 11.4 Å². The molecule has 4 rings (SSSR count). The minimum absolute atomic E-state index is 0.811. The van der Waals surface area contributed by atoms with Crippen LogP contribution in [0.15, 0.2) is 85.3 Å². The van der Waals surface area contributed by atoms with Crippen molar-refractivity contribution >= 4 is 0 Å². The number of hydrogen-bond donors (Lipinski definition) is 0. The molecule has 0 aliphatic rings. The first-order valence-electron chi connectivity index (χ1n) is 8.65. The predicted molar refractivity (Wildman–Crippen MR) is 102 cm³/mol. The molecule has 5 heteroatoms. The summed E-state index contributed by atoms with van der Waals surface area (Å²) in [6.45, 7) is 1.64. The molecule has 0 radical (unpaired) electrons. The zero-order chi connectivity index (χ0) is 17.8. The summed E-state index contributed by atoms with van der Waals surface area (Å²) in [4.78, 5) is 2.27. The molecule has 4 aromatic rings. The first-order chi connectivity index (χ1) is 12.8. The van der Waals surface area contributed by atoms with Gasteiger partial charge in [0.25, 0.3) is 0 Å². The fraction of sp³-hybridized carbons (Fsp3) is 0.143. The summed E-state index contributed by atoms with van der Waals surface area (Å²) in [5, 5.41) is 8.94. The standard InChI is InChI=1S/C21H21N5/c1-24(15-18-14-23-25(16-18)19-8-4-2-5-9-19)17-21-12-13-22-26(21)20-10-6-3-7-11-20/h2-14,16H,15,17H2,1H3. The summed E-state index contributed by atoms with van der Waals surface area (Å²) in [5.41, 5.74) is 4.50. The third kappa shape index (κ3) is 3.58. The van der Waals surface area contributed by atoms with Crippen molar-refractivity contribution in [1.29, 1.82) is 0 Å². The molecule has 0 saturated heterocycles. The van der Waals surface area contributed by atoms with E-state index < -0.39 is 0 Å². The van der Waals surface area contributed by atoms with E-state index in [-0.39, 0.29) is 0 Å². The SMILES string of the molecule is CN(Cc1cnn(-c2ccccc2)c1)Cc1ccnn1-c1ccccc1. The minimum atomic E-state index is 0.811. The highest BCUT2D eigenvalue weighted by atomic mass is 15.3. The molecular weight excluding hydrogens is 322 g/mol. The molecule has 0 aliphatic carbocycles. The fourth-order valence-electron chi connectivity index (χ4n) is 3.06. The average molecular weight is 343 g/mol. The van der Waals surface area contributed by atoms with E-state index >= 15 is 0 Å². The zero-order valence-electron chi connectivity index (χ0n) is 14.7.